The quantitative estimate of drug-likeness (QED) is 0.664. The zero-order chi connectivity index (χ0) is 18.1. The maximum absolute atomic E-state index is 13.3. The average Bonchev–Trinajstić information content (AvgIpc) is 3.05. The minimum Gasteiger partial charge on any atom is -0.360 e. The van der Waals surface area contributed by atoms with Crippen LogP contribution in [0.1, 0.15) is 13.3 Å². The molecule has 3 N–H and O–H groups in total. The lowest BCUT2D eigenvalue weighted by Crippen LogP contribution is -2.40. The molecule has 1 aliphatic heterocycles. The van der Waals surface area contributed by atoms with Gasteiger partial charge in [-0.2, -0.15) is 0 Å². The van der Waals surface area contributed by atoms with E-state index in [2.05, 4.69) is 22.5 Å². The van der Waals surface area contributed by atoms with E-state index >= 15 is 0 Å². The SMILES string of the molecule is CC1CNCCC1C(=O)Nc1ccc(-c2c[nH]c3cc(F)ccc23)cc1. The minimum atomic E-state index is -0.254. The fourth-order valence-corrected chi connectivity index (χ4v) is 3.71. The smallest absolute Gasteiger partial charge is 0.227 e. The number of amides is 1. The standard InChI is InChI=1S/C21H22FN3O/c1-13-11-23-9-8-17(13)21(26)25-16-5-2-14(3-6-16)19-12-24-20-10-15(22)4-7-18(19)20/h2-7,10,12-13,17,23-24H,8-9,11H2,1H3,(H,25,26). The fraction of sp³-hybridized carbons (Fsp3) is 0.286. The molecule has 3 aromatic rings. The van der Waals surface area contributed by atoms with E-state index in [1.165, 1.54) is 12.1 Å². The van der Waals surface area contributed by atoms with Crippen molar-refractivity contribution in [2.75, 3.05) is 18.4 Å². The number of anilines is 1. The van der Waals surface area contributed by atoms with Gasteiger partial charge in [0, 0.05) is 34.3 Å². The van der Waals surface area contributed by atoms with Crippen molar-refractivity contribution in [3.05, 3.63) is 54.5 Å². The predicted molar refractivity (Wildman–Crippen MR) is 102 cm³/mol. The second kappa shape index (κ2) is 6.92. The van der Waals surface area contributed by atoms with Gasteiger partial charge in [-0.1, -0.05) is 19.1 Å². The maximum Gasteiger partial charge on any atom is 0.227 e. The molecule has 1 aliphatic rings. The van der Waals surface area contributed by atoms with Gasteiger partial charge >= 0.3 is 0 Å². The van der Waals surface area contributed by atoms with Crippen molar-refractivity contribution in [2.24, 2.45) is 11.8 Å². The molecule has 134 valence electrons. The molecule has 0 radical (unpaired) electrons. The highest BCUT2D eigenvalue weighted by atomic mass is 19.1. The van der Waals surface area contributed by atoms with Crippen LogP contribution in [-0.2, 0) is 4.79 Å². The molecule has 5 heteroatoms. The molecule has 2 unspecified atom stereocenters. The Morgan fingerprint density at radius 1 is 1.19 bits per heavy atom. The number of carbonyl (C=O) groups excluding carboxylic acids is 1. The van der Waals surface area contributed by atoms with E-state index in [1.54, 1.807) is 6.07 Å². The molecule has 0 spiro atoms. The monoisotopic (exact) mass is 351 g/mol. The molecule has 1 fully saturated rings. The number of fused-ring (bicyclic) bond motifs is 1. The summed E-state index contributed by atoms with van der Waals surface area (Å²) in [6.07, 6.45) is 2.76. The number of piperidine rings is 1. The molecule has 0 saturated carbocycles. The highest BCUT2D eigenvalue weighted by Gasteiger charge is 2.27. The molecular weight excluding hydrogens is 329 g/mol. The third-order valence-electron chi connectivity index (χ3n) is 5.23. The molecule has 0 bridgehead atoms. The number of carbonyl (C=O) groups is 1. The molecule has 1 aromatic heterocycles. The van der Waals surface area contributed by atoms with Crippen molar-refractivity contribution in [2.45, 2.75) is 13.3 Å². The zero-order valence-corrected chi connectivity index (χ0v) is 14.7. The molecule has 2 heterocycles. The van der Waals surface area contributed by atoms with Crippen LogP contribution in [0.5, 0.6) is 0 Å². The fourth-order valence-electron chi connectivity index (χ4n) is 3.71. The van der Waals surface area contributed by atoms with Gasteiger partial charge in [0.1, 0.15) is 5.82 Å². The summed E-state index contributed by atoms with van der Waals surface area (Å²) >= 11 is 0. The number of hydrogen-bond acceptors (Lipinski definition) is 2. The van der Waals surface area contributed by atoms with Gasteiger partial charge in [-0.15, -0.1) is 0 Å². The van der Waals surface area contributed by atoms with Crippen molar-refractivity contribution < 1.29 is 9.18 Å². The largest absolute Gasteiger partial charge is 0.360 e. The molecule has 26 heavy (non-hydrogen) atoms. The van der Waals surface area contributed by atoms with Crippen molar-refractivity contribution >= 4 is 22.5 Å². The number of nitrogens with one attached hydrogen (secondary N) is 3. The highest BCUT2D eigenvalue weighted by molar-refractivity contribution is 5.96. The summed E-state index contributed by atoms with van der Waals surface area (Å²) < 4.78 is 13.3. The number of aromatic amines is 1. The van der Waals surface area contributed by atoms with E-state index < -0.39 is 0 Å². The van der Waals surface area contributed by atoms with E-state index in [4.69, 9.17) is 0 Å². The summed E-state index contributed by atoms with van der Waals surface area (Å²) in [5.74, 6) is 0.236. The molecule has 4 nitrogen and oxygen atoms in total. The lowest BCUT2D eigenvalue weighted by Gasteiger charge is -2.28. The van der Waals surface area contributed by atoms with Crippen molar-refractivity contribution in [1.29, 1.82) is 0 Å². The summed E-state index contributed by atoms with van der Waals surface area (Å²) in [5, 5.41) is 7.33. The molecule has 1 saturated heterocycles. The van der Waals surface area contributed by atoms with Crippen molar-refractivity contribution in [3.63, 3.8) is 0 Å². The minimum absolute atomic E-state index is 0.0550. The van der Waals surface area contributed by atoms with E-state index in [0.717, 1.165) is 47.2 Å². The van der Waals surface area contributed by atoms with Gasteiger partial charge in [-0.3, -0.25) is 4.79 Å². The summed E-state index contributed by atoms with van der Waals surface area (Å²) in [7, 11) is 0. The van der Waals surface area contributed by atoms with Gasteiger partial charge in [-0.25, -0.2) is 4.39 Å². The van der Waals surface area contributed by atoms with Gasteiger partial charge in [0.05, 0.1) is 0 Å². The third kappa shape index (κ3) is 3.22. The van der Waals surface area contributed by atoms with Crippen LogP contribution < -0.4 is 10.6 Å². The van der Waals surface area contributed by atoms with Gasteiger partial charge in [0.2, 0.25) is 5.91 Å². The lowest BCUT2D eigenvalue weighted by molar-refractivity contribution is -0.122. The first-order chi connectivity index (χ1) is 12.6. The Hall–Kier alpha value is -2.66. The number of rotatable bonds is 3. The molecule has 2 aromatic carbocycles. The Bertz CT molecular complexity index is 932. The van der Waals surface area contributed by atoms with Crippen molar-refractivity contribution in [3.8, 4) is 11.1 Å². The summed E-state index contributed by atoms with van der Waals surface area (Å²) in [4.78, 5) is 15.6. The normalized spacial score (nSPS) is 20.2. The zero-order valence-electron chi connectivity index (χ0n) is 14.7. The van der Waals surface area contributed by atoms with Crippen LogP contribution in [0.15, 0.2) is 48.7 Å². The molecule has 1 amide bonds. The van der Waals surface area contributed by atoms with E-state index in [0.29, 0.717) is 5.92 Å². The molecule has 0 aliphatic carbocycles. The van der Waals surface area contributed by atoms with Crippen LogP contribution in [0.4, 0.5) is 10.1 Å². The van der Waals surface area contributed by atoms with Crippen LogP contribution >= 0.6 is 0 Å². The summed E-state index contributed by atoms with van der Waals surface area (Å²) in [5.41, 5.74) is 3.62. The van der Waals surface area contributed by atoms with E-state index in [-0.39, 0.29) is 17.6 Å². The molecule has 2 atom stereocenters. The Morgan fingerprint density at radius 2 is 2.00 bits per heavy atom. The second-order valence-corrected chi connectivity index (χ2v) is 7.04. The second-order valence-electron chi connectivity index (χ2n) is 7.04. The van der Waals surface area contributed by atoms with Crippen LogP contribution in [0.2, 0.25) is 0 Å². The van der Waals surface area contributed by atoms with E-state index in [9.17, 15) is 9.18 Å². The first-order valence-corrected chi connectivity index (χ1v) is 9.00. The maximum atomic E-state index is 13.3. The van der Waals surface area contributed by atoms with Gasteiger partial charge < -0.3 is 15.6 Å². The van der Waals surface area contributed by atoms with Crippen LogP contribution in [0, 0.1) is 17.7 Å². The Kier molecular flexibility index (Phi) is 4.47. The third-order valence-corrected chi connectivity index (χ3v) is 5.23. The summed E-state index contributed by atoms with van der Waals surface area (Å²) in [6.45, 7) is 3.89. The van der Waals surface area contributed by atoms with Gasteiger partial charge in [-0.05, 0) is 61.3 Å². The van der Waals surface area contributed by atoms with E-state index in [1.807, 2.05) is 30.5 Å². The number of aromatic nitrogens is 1. The Labute approximate surface area is 151 Å². The number of halogens is 1. The number of benzene rings is 2. The number of H-pyrrole nitrogens is 1. The first-order valence-electron chi connectivity index (χ1n) is 9.00. The van der Waals surface area contributed by atoms with Crippen LogP contribution in [0.25, 0.3) is 22.0 Å². The lowest BCUT2D eigenvalue weighted by atomic mass is 9.87. The molecule has 4 rings (SSSR count). The highest BCUT2D eigenvalue weighted by Crippen LogP contribution is 2.30. The molecular formula is C21H22FN3O. The Morgan fingerprint density at radius 3 is 2.77 bits per heavy atom. The van der Waals surface area contributed by atoms with Crippen molar-refractivity contribution in [1.82, 2.24) is 10.3 Å². The number of hydrogen-bond donors (Lipinski definition) is 3. The van der Waals surface area contributed by atoms with Crippen LogP contribution in [-0.4, -0.2) is 24.0 Å². The Balaban J connectivity index is 1.52. The van der Waals surface area contributed by atoms with Gasteiger partial charge in [0.15, 0.2) is 0 Å². The topological polar surface area (TPSA) is 56.9 Å². The first kappa shape index (κ1) is 16.8. The van der Waals surface area contributed by atoms with Gasteiger partial charge in [0.25, 0.3) is 0 Å². The van der Waals surface area contributed by atoms with Crippen LogP contribution in [0.3, 0.4) is 0 Å². The average molecular weight is 351 g/mol. The predicted octanol–water partition coefficient (Wildman–Crippen LogP) is 4.16. The summed E-state index contributed by atoms with van der Waals surface area (Å²) in [6, 6.07) is 12.5.